The van der Waals surface area contributed by atoms with E-state index in [1.165, 1.54) is 37.4 Å². The van der Waals surface area contributed by atoms with Crippen molar-refractivity contribution in [2.45, 2.75) is 20.4 Å². The Kier molecular flexibility index (Phi) is 6.19. The van der Waals surface area contributed by atoms with Gasteiger partial charge in [0.1, 0.15) is 17.1 Å². The molecule has 3 rings (SSSR count). The molecule has 0 aliphatic heterocycles. The summed E-state index contributed by atoms with van der Waals surface area (Å²) in [4.78, 5) is 25.5. The largest absolute Gasteiger partial charge is 0.497 e. The monoisotopic (exact) mass is 449 g/mol. The molecule has 0 saturated carbocycles. The highest BCUT2D eigenvalue weighted by atomic mass is 35.5. The van der Waals surface area contributed by atoms with Gasteiger partial charge in [0.2, 0.25) is 5.43 Å². The predicted octanol–water partition coefficient (Wildman–Crippen LogP) is 5.66. The van der Waals surface area contributed by atoms with E-state index in [9.17, 15) is 19.1 Å². The van der Waals surface area contributed by atoms with Crippen LogP contribution in [0, 0.1) is 12.7 Å². The van der Waals surface area contributed by atoms with Gasteiger partial charge in [-0.05, 0) is 43.7 Å². The molecule has 0 aliphatic rings. The van der Waals surface area contributed by atoms with Gasteiger partial charge >= 0.3 is 5.97 Å². The zero-order chi connectivity index (χ0) is 22.2. The van der Waals surface area contributed by atoms with Crippen LogP contribution in [0.2, 0.25) is 10.0 Å². The highest BCUT2D eigenvalue weighted by Crippen LogP contribution is 2.34. The number of rotatable bonds is 5. The van der Waals surface area contributed by atoms with Gasteiger partial charge in [-0.15, -0.1) is 0 Å². The average molecular weight is 450 g/mol. The fourth-order valence-corrected chi connectivity index (χ4v) is 3.83. The molecule has 0 aliphatic carbocycles. The third-order valence-corrected chi connectivity index (χ3v) is 5.59. The Morgan fingerprint density at radius 1 is 1.13 bits per heavy atom. The van der Waals surface area contributed by atoms with E-state index in [0.717, 1.165) is 0 Å². The van der Waals surface area contributed by atoms with Crippen LogP contribution in [0.15, 0.2) is 41.2 Å². The van der Waals surface area contributed by atoms with Crippen LogP contribution in [-0.2, 0) is 6.54 Å². The number of aromatic nitrogens is 1. The third kappa shape index (κ3) is 3.80. The lowest BCUT2D eigenvalue weighted by Gasteiger charge is -2.21. The number of ether oxygens (including phenoxy) is 1. The second-order valence-electron chi connectivity index (χ2n) is 6.57. The minimum absolute atomic E-state index is 0.0934. The lowest BCUT2D eigenvalue weighted by molar-refractivity contribution is 0.0695. The SMILES string of the molecule is CCn1c(C)c(-c2cc(F)cc(OC)c2)c(=O)c(C(=O)O)c1-c1ccc(Cl)c(Cl)c1. The van der Waals surface area contributed by atoms with Gasteiger partial charge in [0.05, 0.1) is 22.8 Å². The smallest absolute Gasteiger partial charge is 0.341 e. The van der Waals surface area contributed by atoms with Crippen molar-refractivity contribution in [1.82, 2.24) is 4.57 Å². The molecule has 0 bridgehead atoms. The van der Waals surface area contributed by atoms with Crippen molar-refractivity contribution < 1.29 is 19.0 Å². The van der Waals surface area contributed by atoms with E-state index in [1.54, 1.807) is 17.6 Å². The van der Waals surface area contributed by atoms with Crippen molar-refractivity contribution >= 4 is 29.2 Å². The van der Waals surface area contributed by atoms with Gasteiger partial charge in [-0.3, -0.25) is 4.79 Å². The van der Waals surface area contributed by atoms with E-state index < -0.39 is 22.8 Å². The number of hydrogen-bond acceptors (Lipinski definition) is 3. The van der Waals surface area contributed by atoms with E-state index in [0.29, 0.717) is 22.8 Å². The molecule has 5 nitrogen and oxygen atoms in total. The van der Waals surface area contributed by atoms with E-state index in [2.05, 4.69) is 0 Å². The van der Waals surface area contributed by atoms with Crippen LogP contribution in [-0.4, -0.2) is 22.8 Å². The number of nitrogens with zero attached hydrogens (tertiary/aromatic N) is 1. The number of halogens is 3. The van der Waals surface area contributed by atoms with Crippen LogP contribution in [0.3, 0.4) is 0 Å². The summed E-state index contributed by atoms with van der Waals surface area (Å²) in [5.74, 6) is -1.78. The minimum atomic E-state index is -1.40. The van der Waals surface area contributed by atoms with E-state index in [1.807, 2.05) is 6.92 Å². The molecule has 30 heavy (non-hydrogen) atoms. The topological polar surface area (TPSA) is 68.5 Å². The van der Waals surface area contributed by atoms with Gasteiger partial charge in [-0.2, -0.15) is 0 Å². The first kappa shape index (κ1) is 21.9. The van der Waals surface area contributed by atoms with Gasteiger partial charge in [-0.1, -0.05) is 29.3 Å². The zero-order valence-electron chi connectivity index (χ0n) is 16.4. The van der Waals surface area contributed by atoms with Crippen molar-refractivity contribution in [2.24, 2.45) is 0 Å². The van der Waals surface area contributed by atoms with Crippen LogP contribution in [0.1, 0.15) is 23.0 Å². The fourth-order valence-electron chi connectivity index (χ4n) is 3.54. The Bertz CT molecular complexity index is 1220. The number of hydrogen-bond donors (Lipinski definition) is 1. The Balaban J connectivity index is 2.46. The number of carboxylic acids is 1. The molecule has 2 aromatic carbocycles. The molecule has 0 amide bonds. The first-order valence-electron chi connectivity index (χ1n) is 9.00. The Morgan fingerprint density at radius 2 is 1.83 bits per heavy atom. The van der Waals surface area contributed by atoms with Gasteiger partial charge in [0.25, 0.3) is 0 Å². The molecule has 3 aromatic rings. The van der Waals surface area contributed by atoms with Crippen molar-refractivity contribution in [1.29, 1.82) is 0 Å². The molecule has 0 spiro atoms. The van der Waals surface area contributed by atoms with E-state index in [-0.39, 0.29) is 27.6 Å². The summed E-state index contributed by atoms with van der Waals surface area (Å²) >= 11 is 12.1. The minimum Gasteiger partial charge on any atom is -0.497 e. The van der Waals surface area contributed by atoms with E-state index in [4.69, 9.17) is 27.9 Å². The van der Waals surface area contributed by atoms with Crippen molar-refractivity contribution in [3.8, 4) is 28.1 Å². The molecule has 0 unspecified atom stereocenters. The lowest BCUT2D eigenvalue weighted by Crippen LogP contribution is -2.25. The molecule has 0 radical (unpaired) electrons. The van der Waals surface area contributed by atoms with Gasteiger partial charge < -0.3 is 14.4 Å². The van der Waals surface area contributed by atoms with Crippen molar-refractivity contribution in [2.75, 3.05) is 7.11 Å². The maximum absolute atomic E-state index is 14.1. The summed E-state index contributed by atoms with van der Waals surface area (Å²) < 4.78 is 20.9. The Labute approximate surface area is 182 Å². The number of benzene rings is 2. The van der Waals surface area contributed by atoms with Crippen LogP contribution in [0.4, 0.5) is 4.39 Å². The molecular weight excluding hydrogens is 432 g/mol. The lowest BCUT2D eigenvalue weighted by atomic mass is 9.96. The summed E-state index contributed by atoms with van der Waals surface area (Å²) in [6.07, 6.45) is 0. The standard InChI is InChI=1S/C22H18Cl2FNO4/c1-4-26-11(2)18(13-7-14(25)10-15(8-13)30-3)21(27)19(22(28)29)20(26)12-5-6-16(23)17(24)9-12/h5-10H,4H2,1-3H3,(H,28,29). The normalized spacial score (nSPS) is 10.9. The highest BCUT2D eigenvalue weighted by molar-refractivity contribution is 6.42. The van der Waals surface area contributed by atoms with Crippen molar-refractivity contribution in [3.63, 3.8) is 0 Å². The maximum Gasteiger partial charge on any atom is 0.341 e. The summed E-state index contributed by atoms with van der Waals surface area (Å²) in [7, 11) is 1.38. The van der Waals surface area contributed by atoms with Crippen LogP contribution < -0.4 is 10.2 Å². The molecule has 0 fully saturated rings. The Morgan fingerprint density at radius 3 is 2.40 bits per heavy atom. The zero-order valence-corrected chi connectivity index (χ0v) is 17.9. The molecule has 1 heterocycles. The number of pyridine rings is 1. The van der Waals surface area contributed by atoms with Gasteiger partial charge in [-0.25, -0.2) is 9.18 Å². The number of aromatic carboxylic acids is 1. The second kappa shape index (κ2) is 8.50. The third-order valence-electron chi connectivity index (χ3n) is 4.85. The number of methoxy groups -OCH3 is 1. The van der Waals surface area contributed by atoms with Crippen LogP contribution in [0.5, 0.6) is 5.75 Å². The Hall–Kier alpha value is -2.83. The molecular formula is C22H18Cl2FNO4. The predicted molar refractivity (Wildman–Crippen MR) is 115 cm³/mol. The molecule has 0 atom stereocenters. The van der Waals surface area contributed by atoms with Crippen LogP contribution in [0.25, 0.3) is 22.4 Å². The van der Waals surface area contributed by atoms with Crippen LogP contribution >= 0.6 is 23.2 Å². The first-order valence-corrected chi connectivity index (χ1v) is 9.76. The van der Waals surface area contributed by atoms with E-state index >= 15 is 0 Å². The quantitative estimate of drug-likeness (QED) is 0.545. The molecule has 8 heteroatoms. The summed E-state index contributed by atoms with van der Waals surface area (Å²) in [6.45, 7) is 3.87. The summed E-state index contributed by atoms with van der Waals surface area (Å²) in [5.41, 5.74) is 0.305. The molecule has 1 aromatic heterocycles. The summed E-state index contributed by atoms with van der Waals surface area (Å²) in [6, 6.07) is 8.51. The fraction of sp³-hybridized carbons (Fsp3) is 0.182. The second-order valence-corrected chi connectivity index (χ2v) is 7.39. The molecule has 1 N–H and O–H groups in total. The number of carbonyl (C=O) groups is 1. The van der Waals surface area contributed by atoms with Gasteiger partial charge in [0.15, 0.2) is 0 Å². The molecule has 156 valence electrons. The van der Waals surface area contributed by atoms with Gasteiger partial charge in [0, 0.05) is 29.4 Å². The average Bonchev–Trinajstić information content (AvgIpc) is 2.69. The molecule has 0 saturated heterocycles. The summed E-state index contributed by atoms with van der Waals surface area (Å²) in [5, 5.41) is 10.4. The maximum atomic E-state index is 14.1. The number of carboxylic acid groups (broad SMARTS) is 1. The van der Waals surface area contributed by atoms with Crippen molar-refractivity contribution in [3.05, 3.63) is 73.7 Å². The first-order chi connectivity index (χ1) is 14.2. The highest BCUT2D eigenvalue weighted by Gasteiger charge is 2.26.